The van der Waals surface area contributed by atoms with Crippen molar-refractivity contribution in [3.05, 3.63) is 58.0 Å². The lowest BCUT2D eigenvalue weighted by Crippen LogP contribution is -2.26. The number of para-hydroxylation sites is 1. The standard InChI is InChI=1S/C14H14N2O3/c1-10-7-14(18)16(15-8-10)9-12(17)11-5-3-4-6-13(11)19-2/h3-8H,9H2,1-2H3. The van der Waals surface area contributed by atoms with E-state index < -0.39 is 0 Å². The zero-order valence-electron chi connectivity index (χ0n) is 10.8. The Morgan fingerprint density at radius 3 is 2.79 bits per heavy atom. The minimum atomic E-state index is -0.289. The van der Waals surface area contributed by atoms with Gasteiger partial charge in [-0.3, -0.25) is 9.59 Å². The van der Waals surface area contributed by atoms with Crippen LogP contribution in [0.2, 0.25) is 0 Å². The molecule has 2 rings (SSSR count). The van der Waals surface area contributed by atoms with Gasteiger partial charge in [-0.15, -0.1) is 0 Å². The molecule has 0 saturated heterocycles. The maximum atomic E-state index is 12.2. The predicted octanol–water partition coefficient (Wildman–Crippen LogP) is 1.44. The molecule has 0 aliphatic rings. The summed E-state index contributed by atoms with van der Waals surface area (Å²) in [6.07, 6.45) is 1.55. The number of methoxy groups -OCH3 is 1. The quantitative estimate of drug-likeness (QED) is 0.779. The minimum Gasteiger partial charge on any atom is -0.496 e. The molecule has 0 N–H and O–H groups in total. The number of hydrogen-bond acceptors (Lipinski definition) is 4. The third kappa shape index (κ3) is 2.88. The summed E-state index contributed by atoms with van der Waals surface area (Å²) in [5.74, 6) is 0.281. The van der Waals surface area contributed by atoms with Gasteiger partial charge in [0, 0.05) is 6.07 Å². The average Bonchev–Trinajstić information content (AvgIpc) is 2.41. The first-order chi connectivity index (χ1) is 9.11. The Bertz CT molecular complexity index is 662. The summed E-state index contributed by atoms with van der Waals surface area (Å²) in [6.45, 7) is 1.68. The zero-order valence-corrected chi connectivity index (χ0v) is 10.8. The molecule has 0 aliphatic heterocycles. The number of carbonyl (C=O) groups excluding carboxylic acids is 1. The lowest BCUT2D eigenvalue weighted by molar-refractivity contribution is 0.0962. The summed E-state index contributed by atoms with van der Waals surface area (Å²) >= 11 is 0. The fourth-order valence-corrected chi connectivity index (χ4v) is 1.74. The number of nitrogens with zero attached hydrogens (tertiary/aromatic N) is 2. The number of ether oxygens (including phenoxy) is 1. The number of hydrogen-bond donors (Lipinski definition) is 0. The van der Waals surface area contributed by atoms with Crippen molar-refractivity contribution in [3.63, 3.8) is 0 Å². The van der Waals surface area contributed by atoms with Gasteiger partial charge < -0.3 is 4.74 Å². The van der Waals surface area contributed by atoms with Gasteiger partial charge >= 0.3 is 0 Å². The number of aryl methyl sites for hydroxylation is 1. The van der Waals surface area contributed by atoms with Crippen molar-refractivity contribution < 1.29 is 9.53 Å². The molecule has 0 unspecified atom stereocenters. The van der Waals surface area contributed by atoms with E-state index >= 15 is 0 Å². The number of rotatable bonds is 4. The molecule has 2 aromatic rings. The number of Topliss-reactive ketones (excluding diaryl/α,β-unsaturated/α-hetero) is 1. The molecule has 0 spiro atoms. The second kappa shape index (κ2) is 5.48. The normalized spacial score (nSPS) is 10.2. The molecule has 5 nitrogen and oxygen atoms in total. The van der Waals surface area contributed by atoms with Gasteiger partial charge in [0.1, 0.15) is 12.3 Å². The molecule has 0 radical (unpaired) electrons. The van der Waals surface area contributed by atoms with Crippen molar-refractivity contribution in [3.8, 4) is 5.75 Å². The largest absolute Gasteiger partial charge is 0.496 e. The number of benzene rings is 1. The minimum absolute atomic E-state index is 0.0977. The maximum absolute atomic E-state index is 12.2. The molecule has 0 saturated carbocycles. The predicted molar refractivity (Wildman–Crippen MR) is 70.6 cm³/mol. The topological polar surface area (TPSA) is 61.2 Å². The molecule has 1 heterocycles. The Morgan fingerprint density at radius 1 is 1.37 bits per heavy atom. The summed E-state index contributed by atoms with van der Waals surface area (Å²) in [6, 6.07) is 8.36. The Balaban J connectivity index is 2.28. The highest BCUT2D eigenvalue weighted by molar-refractivity contribution is 5.98. The number of carbonyl (C=O) groups is 1. The summed E-state index contributed by atoms with van der Waals surface area (Å²) < 4.78 is 6.27. The smallest absolute Gasteiger partial charge is 0.267 e. The van der Waals surface area contributed by atoms with Crippen molar-refractivity contribution in [2.24, 2.45) is 0 Å². The second-order valence-electron chi connectivity index (χ2n) is 4.15. The van der Waals surface area contributed by atoms with E-state index in [1.807, 2.05) is 0 Å². The second-order valence-corrected chi connectivity index (χ2v) is 4.15. The molecule has 98 valence electrons. The van der Waals surface area contributed by atoms with Crippen LogP contribution in [0.4, 0.5) is 0 Å². The first kappa shape index (κ1) is 13.0. The first-order valence-corrected chi connectivity index (χ1v) is 5.82. The third-order valence-electron chi connectivity index (χ3n) is 2.71. The van der Waals surface area contributed by atoms with Gasteiger partial charge in [0.15, 0.2) is 5.78 Å². The lowest BCUT2D eigenvalue weighted by atomic mass is 10.1. The molecule has 0 bridgehead atoms. The van der Waals surface area contributed by atoms with Crippen LogP contribution < -0.4 is 10.3 Å². The van der Waals surface area contributed by atoms with Crippen molar-refractivity contribution >= 4 is 5.78 Å². The van der Waals surface area contributed by atoms with Crippen LogP contribution in [-0.4, -0.2) is 22.7 Å². The average molecular weight is 258 g/mol. The molecule has 0 fully saturated rings. The van der Waals surface area contributed by atoms with Gasteiger partial charge in [-0.2, -0.15) is 5.10 Å². The fourth-order valence-electron chi connectivity index (χ4n) is 1.74. The summed E-state index contributed by atoms with van der Waals surface area (Å²) in [5, 5.41) is 3.94. The van der Waals surface area contributed by atoms with Crippen molar-refractivity contribution in [2.45, 2.75) is 13.5 Å². The van der Waals surface area contributed by atoms with E-state index in [1.54, 1.807) is 37.4 Å². The van der Waals surface area contributed by atoms with Gasteiger partial charge in [-0.1, -0.05) is 12.1 Å². The van der Waals surface area contributed by atoms with E-state index in [4.69, 9.17) is 4.74 Å². The van der Waals surface area contributed by atoms with Crippen molar-refractivity contribution in [2.75, 3.05) is 7.11 Å². The third-order valence-corrected chi connectivity index (χ3v) is 2.71. The van der Waals surface area contributed by atoms with Crippen LogP contribution >= 0.6 is 0 Å². The van der Waals surface area contributed by atoms with E-state index in [9.17, 15) is 9.59 Å². The molecule has 0 aliphatic carbocycles. The van der Waals surface area contributed by atoms with Crippen LogP contribution in [0.25, 0.3) is 0 Å². The molecule has 1 aromatic heterocycles. The van der Waals surface area contributed by atoms with E-state index in [0.29, 0.717) is 11.3 Å². The molecule has 0 atom stereocenters. The highest BCUT2D eigenvalue weighted by Gasteiger charge is 2.13. The van der Waals surface area contributed by atoms with Gasteiger partial charge in [-0.25, -0.2) is 4.68 Å². The van der Waals surface area contributed by atoms with Gasteiger partial charge in [0.2, 0.25) is 0 Å². The maximum Gasteiger partial charge on any atom is 0.267 e. The van der Waals surface area contributed by atoms with Gasteiger partial charge in [-0.05, 0) is 24.6 Å². The van der Waals surface area contributed by atoms with E-state index in [2.05, 4.69) is 5.10 Å². The Morgan fingerprint density at radius 2 is 2.11 bits per heavy atom. The van der Waals surface area contributed by atoms with E-state index in [-0.39, 0.29) is 17.9 Å². The molecule has 19 heavy (non-hydrogen) atoms. The first-order valence-electron chi connectivity index (χ1n) is 5.82. The fraction of sp³-hybridized carbons (Fsp3) is 0.214. The Kier molecular flexibility index (Phi) is 3.75. The van der Waals surface area contributed by atoms with Crippen LogP contribution in [0.1, 0.15) is 15.9 Å². The highest BCUT2D eigenvalue weighted by atomic mass is 16.5. The number of aromatic nitrogens is 2. The molecule has 0 amide bonds. The zero-order chi connectivity index (χ0) is 13.8. The van der Waals surface area contributed by atoms with Gasteiger partial charge in [0.25, 0.3) is 5.56 Å². The molecule has 5 heteroatoms. The SMILES string of the molecule is COc1ccccc1C(=O)Cn1ncc(C)cc1=O. The Labute approximate surface area is 110 Å². The van der Waals surface area contributed by atoms with Crippen LogP contribution in [0.3, 0.4) is 0 Å². The summed E-state index contributed by atoms with van der Waals surface area (Å²) in [5.41, 5.74) is 0.925. The number of ketones is 1. The molecular weight excluding hydrogens is 244 g/mol. The summed E-state index contributed by atoms with van der Waals surface area (Å²) in [7, 11) is 1.50. The summed E-state index contributed by atoms with van der Waals surface area (Å²) in [4.78, 5) is 23.8. The van der Waals surface area contributed by atoms with E-state index in [1.165, 1.54) is 13.2 Å². The van der Waals surface area contributed by atoms with Crippen LogP contribution in [-0.2, 0) is 6.54 Å². The van der Waals surface area contributed by atoms with Crippen molar-refractivity contribution in [1.29, 1.82) is 0 Å². The lowest BCUT2D eigenvalue weighted by Gasteiger charge is -2.08. The van der Waals surface area contributed by atoms with Crippen molar-refractivity contribution in [1.82, 2.24) is 9.78 Å². The van der Waals surface area contributed by atoms with Crippen LogP contribution in [0.15, 0.2) is 41.3 Å². The monoisotopic (exact) mass is 258 g/mol. The van der Waals surface area contributed by atoms with Crippen LogP contribution in [0.5, 0.6) is 5.75 Å². The molecular formula is C14H14N2O3. The molecule has 1 aromatic carbocycles. The highest BCUT2D eigenvalue weighted by Crippen LogP contribution is 2.17. The van der Waals surface area contributed by atoms with E-state index in [0.717, 1.165) is 10.2 Å². The van der Waals surface area contributed by atoms with Crippen LogP contribution in [0, 0.1) is 6.92 Å². The van der Waals surface area contributed by atoms with Gasteiger partial charge in [0.05, 0.1) is 18.9 Å². The Hall–Kier alpha value is -2.43.